The number of phenols is 1. The van der Waals surface area contributed by atoms with Gasteiger partial charge >= 0.3 is 5.92 Å². The summed E-state index contributed by atoms with van der Waals surface area (Å²) in [7, 11) is 0. The van der Waals surface area contributed by atoms with E-state index in [0.29, 0.717) is 5.02 Å². The zero-order valence-electron chi connectivity index (χ0n) is 16.3. The van der Waals surface area contributed by atoms with Crippen LogP contribution in [0.5, 0.6) is 11.5 Å². The van der Waals surface area contributed by atoms with E-state index in [0.717, 1.165) is 11.1 Å². The lowest BCUT2D eigenvalue weighted by atomic mass is 10.1. The molecule has 3 aromatic carbocycles. The van der Waals surface area contributed by atoms with E-state index in [1.807, 2.05) is 6.92 Å². The second kappa shape index (κ2) is 10.2. The maximum absolute atomic E-state index is 13.9. The number of phenolic OH excluding ortho intramolecular Hbond substituents is 1. The summed E-state index contributed by atoms with van der Waals surface area (Å²) in [4.78, 5) is 0. The maximum atomic E-state index is 13.9. The maximum Gasteiger partial charge on any atom is 0.306 e. The first-order chi connectivity index (χ1) is 14.4. The van der Waals surface area contributed by atoms with Crippen molar-refractivity contribution in [1.29, 1.82) is 0 Å². The third-order valence-corrected chi connectivity index (χ3v) is 4.60. The Morgan fingerprint density at radius 1 is 0.839 bits per heavy atom. The first kappa shape index (κ1) is 24.8. The van der Waals surface area contributed by atoms with E-state index < -0.39 is 35.5 Å². The molecule has 0 bridgehead atoms. The van der Waals surface area contributed by atoms with Crippen molar-refractivity contribution < 1.29 is 31.8 Å². The minimum absolute atomic E-state index is 0.00926. The van der Waals surface area contributed by atoms with Crippen LogP contribution in [0.1, 0.15) is 16.7 Å². The molecule has 0 aromatic heterocycles. The Labute approximate surface area is 185 Å². The average Bonchev–Trinajstić information content (AvgIpc) is 2.68. The standard InChI is InChI=1S/C15H10ClF5O.C7H7ClO/c1-8-2-3-13(10(16)4-8)22-7-15(20,21)9-5-11(17)14(19)12(18)6-9;1-5-2-3-7(9)6(8)4-5/h2-6H,7H2,1H3;2-4,9H,1H3. The molecule has 0 heterocycles. The Kier molecular flexibility index (Phi) is 8.14. The highest BCUT2D eigenvalue weighted by molar-refractivity contribution is 6.32. The van der Waals surface area contributed by atoms with Crippen LogP contribution in [0.4, 0.5) is 22.0 Å². The van der Waals surface area contributed by atoms with Crippen molar-refractivity contribution in [2.75, 3.05) is 6.61 Å². The van der Waals surface area contributed by atoms with Gasteiger partial charge in [0.1, 0.15) is 11.5 Å². The van der Waals surface area contributed by atoms with E-state index in [9.17, 15) is 22.0 Å². The molecule has 0 atom stereocenters. The highest BCUT2D eigenvalue weighted by atomic mass is 35.5. The molecule has 166 valence electrons. The van der Waals surface area contributed by atoms with Gasteiger partial charge in [0.15, 0.2) is 24.1 Å². The Morgan fingerprint density at radius 2 is 1.35 bits per heavy atom. The molecule has 0 spiro atoms. The summed E-state index contributed by atoms with van der Waals surface area (Å²) >= 11 is 11.4. The summed E-state index contributed by atoms with van der Waals surface area (Å²) in [5.41, 5.74) is 0.844. The van der Waals surface area contributed by atoms with Gasteiger partial charge in [-0.2, -0.15) is 8.78 Å². The summed E-state index contributed by atoms with van der Waals surface area (Å²) in [6.07, 6.45) is 0. The number of aryl methyl sites for hydroxylation is 2. The van der Waals surface area contributed by atoms with Crippen molar-refractivity contribution in [3.05, 3.63) is 92.7 Å². The van der Waals surface area contributed by atoms with Crippen LogP contribution in [-0.2, 0) is 5.92 Å². The Morgan fingerprint density at radius 3 is 1.84 bits per heavy atom. The van der Waals surface area contributed by atoms with Crippen LogP contribution in [0, 0.1) is 31.3 Å². The van der Waals surface area contributed by atoms with Crippen LogP contribution >= 0.6 is 23.2 Å². The molecule has 0 unspecified atom stereocenters. The zero-order valence-corrected chi connectivity index (χ0v) is 17.8. The van der Waals surface area contributed by atoms with E-state index in [-0.39, 0.29) is 28.7 Å². The molecule has 1 N–H and O–H groups in total. The fraction of sp³-hybridized carbons (Fsp3) is 0.182. The van der Waals surface area contributed by atoms with Crippen LogP contribution < -0.4 is 4.74 Å². The molecule has 0 aliphatic heterocycles. The summed E-state index contributed by atoms with van der Waals surface area (Å²) in [6, 6.07) is 10.1. The van der Waals surface area contributed by atoms with Crippen LogP contribution in [0.2, 0.25) is 10.0 Å². The second-order valence-corrected chi connectivity index (χ2v) is 7.45. The molecular formula is C22H17Cl2F5O2. The first-order valence-corrected chi connectivity index (χ1v) is 9.53. The number of alkyl halides is 2. The summed E-state index contributed by atoms with van der Waals surface area (Å²) in [5.74, 6) is -8.76. The normalized spacial score (nSPS) is 11.0. The summed E-state index contributed by atoms with van der Waals surface area (Å²) < 4.78 is 71.6. The third kappa shape index (κ3) is 6.74. The van der Waals surface area contributed by atoms with Gasteiger partial charge in [0.25, 0.3) is 0 Å². The van der Waals surface area contributed by atoms with Gasteiger partial charge in [-0.15, -0.1) is 0 Å². The predicted molar refractivity (Wildman–Crippen MR) is 110 cm³/mol. The molecular weight excluding hydrogens is 462 g/mol. The number of rotatable bonds is 4. The van der Waals surface area contributed by atoms with Gasteiger partial charge in [-0.1, -0.05) is 35.3 Å². The Balaban J connectivity index is 0.000000316. The van der Waals surface area contributed by atoms with Crippen molar-refractivity contribution in [1.82, 2.24) is 0 Å². The third-order valence-electron chi connectivity index (χ3n) is 4.01. The van der Waals surface area contributed by atoms with E-state index in [1.165, 1.54) is 12.1 Å². The van der Waals surface area contributed by atoms with Gasteiger partial charge in [-0.25, -0.2) is 13.2 Å². The molecule has 3 rings (SSSR count). The van der Waals surface area contributed by atoms with Gasteiger partial charge in [0.05, 0.1) is 10.0 Å². The number of aromatic hydroxyl groups is 1. The molecule has 9 heteroatoms. The Bertz CT molecular complexity index is 1050. The topological polar surface area (TPSA) is 29.5 Å². The first-order valence-electron chi connectivity index (χ1n) is 8.77. The van der Waals surface area contributed by atoms with E-state index in [1.54, 1.807) is 31.2 Å². The van der Waals surface area contributed by atoms with Crippen LogP contribution in [0.15, 0.2) is 48.5 Å². The second-order valence-electron chi connectivity index (χ2n) is 6.64. The zero-order chi connectivity index (χ0) is 23.3. The van der Waals surface area contributed by atoms with Crippen molar-refractivity contribution >= 4 is 23.2 Å². The lowest BCUT2D eigenvalue weighted by Crippen LogP contribution is -2.24. The molecule has 0 radical (unpaired) electrons. The minimum atomic E-state index is -3.72. The lowest BCUT2D eigenvalue weighted by molar-refractivity contribution is -0.0472. The van der Waals surface area contributed by atoms with Crippen LogP contribution in [0.3, 0.4) is 0 Å². The highest BCUT2D eigenvalue weighted by Crippen LogP contribution is 2.33. The molecule has 0 fully saturated rings. The predicted octanol–water partition coefficient (Wildman–Crippen LogP) is 7.59. The number of benzene rings is 3. The summed E-state index contributed by atoms with van der Waals surface area (Å²) in [5, 5.41) is 9.46. The number of halogens is 7. The van der Waals surface area contributed by atoms with E-state index in [2.05, 4.69) is 0 Å². The summed E-state index contributed by atoms with van der Waals surface area (Å²) in [6.45, 7) is 2.49. The van der Waals surface area contributed by atoms with Crippen LogP contribution in [0.25, 0.3) is 0 Å². The molecule has 0 amide bonds. The molecule has 31 heavy (non-hydrogen) atoms. The van der Waals surface area contributed by atoms with Crippen LogP contribution in [-0.4, -0.2) is 11.7 Å². The minimum Gasteiger partial charge on any atom is -0.506 e. The number of hydrogen-bond acceptors (Lipinski definition) is 2. The van der Waals surface area contributed by atoms with Crippen molar-refractivity contribution in [3.8, 4) is 11.5 Å². The molecule has 0 saturated heterocycles. The van der Waals surface area contributed by atoms with Gasteiger partial charge in [0, 0.05) is 5.56 Å². The molecule has 3 aromatic rings. The van der Waals surface area contributed by atoms with Gasteiger partial charge in [0.2, 0.25) is 0 Å². The van der Waals surface area contributed by atoms with Gasteiger partial charge in [-0.3, -0.25) is 0 Å². The molecule has 0 aliphatic rings. The van der Waals surface area contributed by atoms with Gasteiger partial charge < -0.3 is 9.84 Å². The van der Waals surface area contributed by atoms with Crippen molar-refractivity contribution in [2.24, 2.45) is 0 Å². The smallest absolute Gasteiger partial charge is 0.306 e. The lowest BCUT2D eigenvalue weighted by Gasteiger charge is -2.18. The molecule has 0 aliphatic carbocycles. The van der Waals surface area contributed by atoms with Crippen molar-refractivity contribution in [2.45, 2.75) is 19.8 Å². The number of hydrogen-bond donors (Lipinski definition) is 1. The molecule has 0 saturated carbocycles. The quantitative estimate of drug-likeness (QED) is 0.309. The molecule has 2 nitrogen and oxygen atoms in total. The number of ether oxygens (including phenoxy) is 1. The Hall–Kier alpha value is -2.51. The SMILES string of the molecule is Cc1ccc(O)c(Cl)c1.Cc1ccc(OCC(F)(F)c2cc(F)c(F)c(F)c2)c(Cl)c1. The van der Waals surface area contributed by atoms with Gasteiger partial charge in [-0.05, 0) is 61.4 Å². The van der Waals surface area contributed by atoms with E-state index in [4.69, 9.17) is 33.0 Å². The fourth-order valence-electron chi connectivity index (χ4n) is 2.35. The fourth-order valence-corrected chi connectivity index (χ4v) is 2.88. The van der Waals surface area contributed by atoms with E-state index >= 15 is 0 Å². The monoisotopic (exact) mass is 478 g/mol. The largest absolute Gasteiger partial charge is 0.506 e. The van der Waals surface area contributed by atoms with Crippen molar-refractivity contribution in [3.63, 3.8) is 0 Å². The highest BCUT2D eigenvalue weighted by Gasteiger charge is 2.35. The average molecular weight is 479 g/mol.